The molecule has 0 saturated carbocycles. The van der Waals surface area contributed by atoms with E-state index in [1.807, 2.05) is 32.7 Å². The number of carbonyl (C=O) groups excluding carboxylic acids is 1. The van der Waals surface area contributed by atoms with E-state index in [2.05, 4.69) is 27.7 Å². The topological polar surface area (TPSA) is 29.5 Å². The van der Waals surface area contributed by atoms with Gasteiger partial charge in [-0.15, -0.1) is 0 Å². The number of carbonyl (C=O) groups is 1. The molecule has 0 fully saturated rings. The van der Waals surface area contributed by atoms with Crippen LogP contribution in [0.1, 0.15) is 93.4 Å². The van der Waals surface area contributed by atoms with Crippen molar-refractivity contribution in [2.75, 3.05) is 7.05 Å². The molecule has 0 rings (SSSR count). The Balaban J connectivity index is 5.56. The van der Waals surface area contributed by atoms with Gasteiger partial charge in [0.25, 0.3) is 0 Å². The zero-order valence-corrected chi connectivity index (χ0v) is 21.3. The third-order valence-corrected chi connectivity index (χ3v) is 23.2. The molecular weight excluding hydrogens is 417 g/mol. The van der Waals surface area contributed by atoms with Crippen molar-refractivity contribution in [2.45, 2.75) is 116 Å². The number of hydrogen-bond acceptors (Lipinski definition) is 2. The third-order valence-electron chi connectivity index (χ3n) is 5.33. The molecule has 150 valence electrons. The van der Waals surface area contributed by atoms with Crippen molar-refractivity contribution in [2.24, 2.45) is 0 Å². The summed E-state index contributed by atoms with van der Waals surface area (Å²) in [6, 6.07) is 0. The van der Waals surface area contributed by atoms with Crippen molar-refractivity contribution in [1.82, 2.24) is 4.90 Å². The number of unbranched alkanes of at least 4 members (excludes halogenated alkanes) is 3. The van der Waals surface area contributed by atoms with Crippen LogP contribution in [0.2, 0.25) is 13.3 Å². The molecule has 0 aliphatic heterocycles. The van der Waals surface area contributed by atoms with E-state index in [1.165, 1.54) is 51.8 Å². The van der Waals surface area contributed by atoms with Crippen molar-refractivity contribution >= 4 is 24.5 Å². The molecule has 0 aliphatic rings. The molecule has 0 bridgehead atoms. The van der Waals surface area contributed by atoms with Gasteiger partial charge >= 0.3 is 162 Å². The predicted molar refractivity (Wildman–Crippen MR) is 113 cm³/mol. The van der Waals surface area contributed by atoms with E-state index in [-0.39, 0.29) is 6.09 Å². The molecule has 0 N–H and O–H groups in total. The van der Waals surface area contributed by atoms with E-state index in [0.29, 0.717) is 4.06 Å². The molecule has 1 amide bonds. The molecule has 25 heavy (non-hydrogen) atoms. The Morgan fingerprint density at radius 2 is 1.32 bits per heavy atom. The molecule has 0 saturated heterocycles. The van der Waals surface area contributed by atoms with Crippen LogP contribution in [-0.2, 0) is 4.74 Å². The summed E-state index contributed by atoms with van der Waals surface area (Å²) in [6.07, 6.45) is 8.77. The summed E-state index contributed by atoms with van der Waals surface area (Å²) < 4.78 is 10.5. The van der Waals surface area contributed by atoms with Crippen LogP contribution in [0.5, 0.6) is 0 Å². The van der Waals surface area contributed by atoms with Crippen LogP contribution in [0, 0.1) is 0 Å². The van der Waals surface area contributed by atoms with E-state index in [4.69, 9.17) is 4.74 Å². The number of rotatable bonds is 12. The van der Waals surface area contributed by atoms with Crippen LogP contribution < -0.4 is 0 Å². The third kappa shape index (κ3) is 9.01. The predicted octanol–water partition coefficient (Wildman–Crippen LogP) is 7.02. The van der Waals surface area contributed by atoms with Gasteiger partial charge in [-0.3, -0.25) is 0 Å². The first kappa shape index (κ1) is 25.1. The zero-order chi connectivity index (χ0) is 19.5. The number of ether oxygens (including phenoxy) is 1. The molecule has 0 aromatic carbocycles. The molecule has 0 aliphatic carbocycles. The summed E-state index contributed by atoms with van der Waals surface area (Å²) in [6.45, 7) is 15.1. The summed E-state index contributed by atoms with van der Waals surface area (Å²) in [5.74, 6) is 0. The van der Waals surface area contributed by atoms with Gasteiger partial charge in [-0.05, 0) is 0 Å². The summed E-state index contributed by atoms with van der Waals surface area (Å²) in [4.78, 5) is 14.8. The Bertz CT molecular complexity index is 344. The van der Waals surface area contributed by atoms with Crippen LogP contribution in [0.4, 0.5) is 4.79 Å². The van der Waals surface area contributed by atoms with E-state index in [0.717, 1.165) is 6.42 Å². The van der Waals surface area contributed by atoms with E-state index < -0.39 is 24.0 Å². The monoisotopic (exact) mass is 463 g/mol. The summed E-state index contributed by atoms with van der Waals surface area (Å²) in [5.41, 5.74) is -0.419. The summed E-state index contributed by atoms with van der Waals surface area (Å²) in [5, 5.41) is 0. The Labute approximate surface area is 162 Å². The second kappa shape index (κ2) is 12.5. The van der Waals surface area contributed by atoms with Crippen molar-refractivity contribution in [3.63, 3.8) is 0 Å². The van der Waals surface area contributed by atoms with Crippen molar-refractivity contribution in [1.29, 1.82) is 0 Å². The molecule has 3 nitrogen and oxygen atoms in total. The molecule has 1 atom stereocenters. The average molecular weight is 462 g/mol. The molecular formula is C21H45NO2Sn. The first-order valence-corrected chi connectivity index (χ1v) is 18.3. The van der Waals surface area contributed by atoms with Gasteiger partial charge in [0, 0.05) is 0 Å². The zero-order valence-electron chi connectivity index (χ0n) is 18.4. The molecule has 0 spiro atoms. The van der Waals surface area contributed by atoms with Crippen LogP contribution in [0.25, 0.3) is 0 Å². The fourth-order valence-electron chi connectivity index (χ4n) is 4.04. The van der Waals surface area contributed by atoms with Gasteiger partial charge in [0.05, 0.1) is 0 Å². The van der Waals surface area contributed by atoms with Crippen LogP contribution in [0.3, 0.4) is 0 Å². The molecule has 4 heteroatoms. The SMILES string of the molecule is CCC[CH2][Sn]([CH2]CCC)([CH2]CCC)[CH](CC)N(C)C(=O)OC(C)(C)C. The fourth-order valence-corrected chi connectivity index (χ4v) is 23.2. The summed E-state index contributed by atoms with van der Waals surface area (Å²) in [7, 11) is 2.00. The molecule has 0 heterocycles. The molecule has 0 aromatic heterocycles. The second-order valence-corrected chi connectivity index (χ2v) is 22.6. The Hall–Kier alpha value is 0.0687. The van der Waals surface area contributed by atoms with E-state index in [1.54, 1.807) is 0 Å². The van der Waals surface area contributed by atoms with Gasteiger partial charge < -0.3 is 0 Å². The second-order valence-electron chi connectivity index (χ2n) is 8.69. The maximum absolute atomic E-state index is 12.8. The standard InChI is InChI=1S/C9H18NO2.3C4H9.Sn/c1-6-7-10(5)8(11)12-9(2,3)4;3*1-3-4-2;/h7H,6H2,1-5H3;3*1,3-4H2,2H3;. The Kier molecular flexibility index (Phi) is 12.5. The minimum absolute atomic E-state index is 0.120. The molecule has 0 radical (unpaired) electrons. The fraction of sp³-hybridized carbons (Fsp3) is 0.952. The van der Waals surface area contributed by atoms with Gasteiger partial charge in [0.1, 0.15) is 0 Å². The van der Waals surface area contributed by atoms with E-state index >= 15 is 0 Å². The maximum atomic E-state index is 12.8. The molecule has 1 unspecified atom stereocenters. The number of hydrogen-bond donors (Lipinski definition) is 0. The average Bonchev–Trinajstić information content (AvgIpc) is 2.54. The molecule has 0 aromatic rings. The van der Waals surface area contributed by atoms with Crippen LogP contribution in [-0.4, -0.2) is 46.1 Å². The normalized spacial score (nSPS) is 13.6. The first-order chi connectivity index (χ1) is 11.7. The van der Waals surface area contributed by atoms with Gasteiger partial charge in [0.15, 0.2) is 0 Å². The van der Waals surface area contributed by atoms with Crippen molar-refractivity contribution < 1.29 is 9.53 Å². The van der Waals surface area contributed by atoms with Crippen molar-refractivity contribution in [3.05, 3.63) is 0 Å². The number of amides is 1. The minimum atomic E-state index is -2.48. The number of nitrogens with zero attached hydrogens (tertiary/aromatic N) is 1. The van der Waals surface area contributed by atoms with Gasteiger partial charge in [-0.1, -0.05) is 0 Å². The summed E-state index contributed by atoms with van der Waals surface area (Å²) >= 11 is -2.48. The van der Waals surface area contributed by atoms with Crippen LogP contribution in [0.15, 0.2) is 0 Å². The van der Waals surface area contributed by atoms with Gasteiger partial charge in [-0.2, -0.15) is 0 Å². The Morgan fingerprint density at radius 3 is 1.60 bits per heavy atom. The Morgan fingerprint density at radius 1 is 0.920 bits per heavy atom. The van der Waals surface area contributed by atoms with Crippen LogP contribution >= 0.6 is 0 Å². The van der Waals surface area contributed by atoms with E-state index in [9.17, 15) is 4.79 Å². The van der Waals surface area contributed by atoms with Gasteiger partial charge in [-0.25, -0.2) is 0 Å². The van der Waals surface area contributed by atoms with Gasteiger partial charge in [0.2, 0.25) is 0 Å². The van der Waals surface area contributed by atoms with Crippen molar-refractivity contribution in [3.8, 4) is 0 Å². The quantitative estimate of drug-likeness (QED) is 0.292. The first-order valence-electron chi connectivity index (χ1n) is 10.6.